The fourth-order valence-corrected chi connectivity index (χ4v) is 4.36. The Bertz CT molecular complexity index is 1050. The summed E-state index contributed by atoms with van der Waals surface area (Å²) in [6.45, 7) is 5.90. The molecule has 0 amide bonds. The lowest BCUT2D eigenvalue weighted by Gasteiger charge is -2.34. The number of hydrogen-bond donors (Lipinski definition) is 2. The molecule has 0 aromatic heterocycles. The van der Waals surface area contributed by atoms with Gasteiger partial charge in [0, 0.05) is 24.2 Å². The van der Waals surface area contributed by atoms with E-state index in [1.807, 2.05) is 24.3 Å². The van der Waals surface area contributed by atoms with Crippen LogP contribution in [0.3, 0.4) is 0 Å². The molecule has 0 spiro atoms. The van der Waals surface area contributed by atoms with E-state index < -0.39 is 0 Å². The Morgan fingerprint density at radius 3 is 2.50 bits per heavy atom. The highest BCUT2D eigenvalue weighted by molar-refractivity contribution is 5.66. The number of rotatable bonds is 7. The number of hydrogen-bond acceptors (Lipinski definition) is 4. The molecule has 1 fully saturated rings. The van der Waals surface area contributed by atoms with Crippen LogP contribution in [0.2, 0.25) is 0 Å². The molecule has 1 heterocycles. The lowest BCUT2D eigenvalue weighted by atomic mass is 9.92. The first kappa shape index (κ1) is 22.1. The van der Waals surface area contributed by atoms with Crippen molar-refractivity contribution >= 4 is 0 Å². The van der Waals surface area contributed by atoms with Crippen LogP contribution in [0.25, 0.3) is 11.1 Å². The number of nitriles is 1. The number of nitrogens with one attached hydrogen (secondary N) is 2. The van der Waals surface area contributed by atoms with Crippen LogP contribution in [-0.4, -0.2) is 18.7 Å². The molecule has 4 heteroatoms. The highest BCUT2D eigenvalue weighted by Gasteiger charge is 2.25. The summed E-state index contributed by atoms with van der Waals surface area (Å²) in [7, 11) is 0. The van der Waals surface area contributed by atoms with Crippen LogP contribution in [0.4, 0.5) is 0 Å². The van der Waals surface area contributed by atoms with Crippen molar-refractivity contribution in [2.24, 2.45) is 0 Å². The van der Waals surface area contributed by atoms with Gasteiger partial charge in [0.2, 0.25) is 0 Å². The Morgan fingerprint density at radius 1 is 1.03 bits per heavy atom. The van der Waals surface area contributed by atoms with E-state index in [2.05, 4.69) is 79.1 Å². The van der Waals surface area contributed by atoms with Crippen molar-refractivity contribution in [2.45, 2.75) is 51.4 Å². The molecule has 1 saturated heterocycles. The number of ether oxygens (including phenoxy) is 1. The molecule has 32 heavy (non-hydrogen) atoms. The quantitative estimate of drug-likeness (QED) is 0.518. The molecule has 0 radical (unpaired) electrons. The fraction of sp³-hybridized carbons (Fsp3) is 0.321. The maximum absolute atomic E-state index is 9.08. The number of benzene rings is 3. The van der Waals surface area contributed by atoms with Crippen LogP contribution in [-0.2, 0) is 6.54 Å². The van der Waals surface area contributed by atoms with Gasteiger partial charge in [-0.3, -0.25) is 0 Å². The van der Waals surface area contributed by atoms with Gasteiger partial charge in [0.25, 0.3) is 0 Å². The van der Waals surface area contributed by atoms with Gasteiger partial charge >= 0.3 is 0 Å². The highest BCUT2D eigenvalue weighted by Crippen LogP contribution is 2.29. The van der Waals surface area contributed by atoms with Gasteiger partial charge in [-0.2, -0.15) is 5.26 Å². The van der Waals surface area contributed by atoms with Gasteiger partial charge in [0.05, 0.1) is 17.7 Å². The summed E-state index contributed by atoms with van der Waals surface area (Å²) in [6, 6.07) is 27.7. The van der Waals surface area contributed by atoms with Crippen molar-refractivity contribution in [3.8, 4) is 22.9 Å². The Hall–Kier alpha value is -3.13. The normalized spacial score (nSPS) is 18.3. The molecule has 3 aromatic carbocycles. The largest absolute Gasteiger partial charge is 0.491 e. The predicted octanol–water partition coefficient (Wildman–Crippen LogP) is 5.60. The number of nitrogens with zero attached hydrogens (tertiary/aromatic N) is 1. The summed E-state index contributed by atoms with van der Waals surface area (Å²) in [5.41, 5.74) is 5.38. The van der Waals surface area contributed by atoms with E-state index in [1.54, 1.807) is 0 Å². The maximum atomic E-state index is 9.08. The first-order chi connectivity index (χ1) is 15.6. The Balaban J connectivity index is 1.56. The molecule has 1 aliphatic heterocycles. The predicted molar refractivity (Wildman–Crippen MR) is 129 cm³/mol. The van der Waals surface area contributed by atoms with Gasteiger partial charge in [0.15, 0.2) is 0 Å². The first-order valence-corrected chi connectivity index (χ1v) is 11.5. The maximum Gasteiger partial charge on any atom is 0.124 e. The molecule has 1 aliphatic rings. The van der Waals surface area contributed by atoms with Crippen molar-refractivity contribution in [3.05, 3.63) is 89.5 Å². The van der Waals surface area contributed by atoms with Crippen LogP contribution in [0.15, 0.2) is 72.8 Å². The smallest absolute Gasteiger partial charge is 0.124 e. The van der Waals surface area contributed by atoms with Crippen LogP contribution in [0, 0.1) is 11.3 Å². The van der Waals surface area contributed by atoms with Gasteiger partial charge in [-0.15, -0.1) is 0 Å². The van der Waals surface area contributed by atoms with Crippen molar-refractivity contribution in [1.29, 1.82) is 5.26 Å². The Labute approximate surface area is 191 Å². The lowest BCUT2D eigenvalue weighted by Crippen LogP contribution is -2.45. The molecule has 0 bridgehead atoms. The molecule has 0 aliphatic carbocycles. The third kappa shape index (κ3) is 5.37. The number of piperidine rings is 1. The minimum atomic E-state index is 0.114. The molecule has 0 unspecified atom stereocenters. The molecule has 2 atom stereocenters. The molecule has 4 nitrogen and oxygen atoms in total. The summed E-state index contributed by atoms with van der Waals surface area (Å²) in [6.07, 6.45) is 2.42. The minimum absolute atomic E-state index is 0.114. The molecule has 2 N–H and O–H groups in total. The van der Waals surface area contributed by atoms with Crippen LogP contribution < -0.4 is 15.4 Å². The molecule has 164 valence electrons. The van der Waals surface area contributed by atoms with E-state index >= 15 is 0 Å². The van der Waals surface area contributed by atoms with Crippen LogP contribution in [0.1, 0.15) is 49.4 Å². The van der Waals surface area contributed by atoms with E-state index in [0.29, 0.717) is 17.6 Å². The molecule has 3 aromatic rings. The van der Waals surface area contributed by atoms with Crippen LogP contribution >= 0.6 is 0 Å². The summed E-state index contributed by atoms with van der Waals surface area (Å²) < 4.78 is 6.13. The first-order valence-electron chi connectivity index (χ1n) is 11.5. The van der Waals surface area contributed by atoms with Crippen molar-refractivity contribution in [2.75, 3.05) is 6.54 Å². The van der Waals surface area contributed by atoms with Gasteiger partial charge < -0.3 is 15.4 Å². The third-order valence-electron chi connectivity index (χ3n) is 5.94. The van der Waals surface area contributed by atoms with Gasteiger partial charge in [-0.1, -0.05) is 48.5 Å². The summed E-state index contributed by atoms with van der Waals surface area (Å²) >= 11 is 0. The van der Waals surface area contributed by atoms with Gasteiger partial charge in [-0.05, 0) is 74.2 Å². The topological polar surface area (TPSA) is 57.1 Å². The molecular weight excluding hydrogens is 394 g/mol. The fourth-order valence-electron chi connectivity index (χ4n) is 4.36. The van der Waals surface area contributed by atoms with Crippen molar-refractivity contribution < 1.29 is 4.74 Å². The van der Waals surface area contributed by atoms with Crippen molar-refractivity contribution in [3.63, 3.8) is 0 Å². The summed E-state index contributed by atoms with van der Waals surface area (Å²) in [5, 5.41) is 16.6. The van der Waals surface area contributed by atoms with Gasteiger partial charge in [0.1, 0.15) is 5.75 Å². The van der Waals surface area contributed by atoms with E-state index in [9.17, 15) is 0 Å². The lowest BCUT2D eigenvalue weighted by molar-refractivity contribution is 0.238. The van der Waals surface area contributed by atoms with E-state index in [1.165, 1.54) is 12.0 Å². The highest BCUT2D eigenvalue weighted by atomic mass is 16.5. The molecule has 0 saturated carbocycles. The monoisotopic (exact) mass is 425 g/mol. The zero-order valence-corrected chi connectivity index (χ0v) is 18.8. The summed E-state index contributed by atoms with van der Waals surface area (Å²) in [5.74, 6) is 0.921. The average Bonchev–Trinajstić information content (AvgIpc) is 2.84. The van der Waals surface area contributed by atoms with Crippen LogP contribution in [0.5, 0.6) is 5.75 Å². The van der Waals surface area contributed by atoms with Crippen molar-refractivity contribution in [1.82, 2.24) is 10.6 Å². The SMILES string of the molecule is CC(C)Oc1ccc(-c2ccc(C#N)cc2)cc1CN[C@H]1CCCN[C@H]1c1ccccc1. The third-order valence-corrected chi connectivity index (χ3v) is 5.94. The standard InChI is InChI=1S/C28H31N3O/c1-20(2)32-27-15-14-24(22-12-10-21(18-29)11-13-22)17-25(27)19-31-26-9-6-16-30-28(26)23-7-4-3-5-8-23/h3-5,7-8,10-15,17,20,26,28,30-31H,6,9,16,19H2,1-2H3/t26-,28-/m0/s1. The Kier molecular flexibility index (Phi) is 7.21. The zero-order chi connectivity index (χ0) is 22.3. The van der Waals surface area contributed by atoms with Gasteiger partial charge in [-0.25, -0.2) is 0 Å². The zero-order valence-electron chi connectivity index (χ0n) is 18.8. The minimum Gasteiger partial charge on any atom is -0.491 e. The molecule has 4 rings (SSSR count). The second-order valence-electron chi connectivity index (χ2n) is 8.65. The van der Waals surface area contributed by atoms with E-state index in [-0.39, 0.29) is 6.10 Å². The van der Waals surface area contributed by atoms with E-state index in [0.717, 1.165) is 42.0 Å². The van der Waals surface area contributed by atoms with E-state index in [4.69, 9.17) is 10.00 Å². The summed E-state index contributed by atoms with van der Waals surface area (Å²) in [4.78, 5) is 0. The second kappa shape index (κ2) is 10.5. The second-order valence-corrected chi connectivity index (χ2v) is 8.65. The molecular formula is C28H31N3O. The Morgan fingerprint density at radius 2 is 1.78 bits per heavy atom. The average molecular weight is 426 g/mol.